The lowest BCUT2D eigenvalue weighted by atomic mass is 9.76. The van der Waals surface area contributed by atoms with Gasteiger partial charge in [-0.3, -0.25) is 0 Å². The number of rotatable bonds is 0. The molecule has 60 valence electrons. The van der Waals surface area contributed by atoms with E-state index in [0.717, 1.165) is 0 Å². The van der Waals surface area contributed by atoms with Crippen molar-refractivity contribution in [3.05, 3.63) is 0 Å². The van der Waals surface area contributed by atoms with Gasteiger partial charge in [-0.2, -0.15) is 0 Å². The maximum Gasteiger partial charge on any atom is 0.0182 e. The third kappa shape index (κ3) is 1.34. The van der Waals surface area contributed by atoms with Gasteiger partial charge >= 0.3 is 0 Å². The molecule has 1 aliphatic heterocycles. The Morgan fingerprint density at radius 3 is 1.80 bits per heavy atom. The Balaban J connectivity index is 0.000000231. The number of hydrogen-bond donors (Lipinski definition) is 1. The molecular weight excluding hydrogens is 122 g/mol. The molecule has 1 heterocycles. The molecule has 1 saturated carbocycles. The molecule has 0 unspecified atom stereocenters. The molecule has 0 radical (unpaired) electrons. The first-order chi connectivity index (χ1) is 4.91. The van der Waals surface area contributed by atoms with Gasteiger partial charge in [0.25, 0.3) is 0 Å². The highest BCUT2D eigenvalue weighted by Crippen LogP contribution is 2.38. The molecule has 2 aliphatic rings. The normalized spacial score (nSPS) is 27.0. The third-order valence-corrected chi connectivity index (χ3v) is 2.64. The molecule has 0 aromatic rings. The highest BCUT2D eigenvalue weighted by Gasteiger charge is 2.38. The van der Waals surface area contributed by atoms with Crippen LogP contribution in [0.2, 0.25) is 0 Å². The summed E-state index contributed by atoms with van der Waals surface area (Å²) in [6.45, 7) is 5.28. The molecule has 0 aromatic heterocycles. The predicted molar refractivity (Wildman–Crippen MR) is 45.2 cm³/mol. The standard InChI is InChI=1S/C7H13N.C2H6/c1-3-7(4-1)5-2-6-8-7;1-2/h8H,1-6H2;1-2H3. The molecule has 1 spiro atoms. The van der Waals surface area contributed by atoms with Gasteiger partial charge in [-0.1, -0.05) is 13.8 Å². The number of hydrogen-bond acceptors (Lipinski definition) is 1. The molecule has 1 heteroatoms. The maximum atomic E-state index is 3.57. The Bertz CT molecular complexity index is 86.9. The largest absolute Gasteiger partial charge is 0.311 e. The van der Waals surface area contributed by atoms with Crippen molar-refractivity contribution in [2.45, 2.75) is 51.5 Å². The highest BCUT2D eigenvalue weighted by molar-refractivity contribution is 4.99. The van der Waals surface area contributed by atoms with Crippen LogP contribution >= 0.6 is 0 Å². The lowest BCUT2D eigenvalue weighted by molar-refractivity contribution is 0.216. The van der Waals surface area contributed by atoms with Gasteiger partial charge in [0.15, 0.2) is 0 Å². The van der Waals surface area contributed by atoms with E-state index in [1.807, 2.05) is 13.8 Å². The van der Waals surface area contributed by atoms with E-state index in [0.29, 0.717) is 5.54 Å². The molecule has 1 aliphatic carbocycles. The van der Waals surface area contributed by atoms with E-state index in [2.05, 4.69) is 5.32 Å². The molecule has 0 bridgehead atoms. The Morgan fingerprint density at radius 2 is 1.60 bits per heavy atom. The Hall–Kier alpha value is -0.0400. The van der Waals surface area contributed by atoms with E-state index in [-0.39, 0.29) is 0 Å². The molecule has 2 fully saturated rings. The summed E-state index contributed by atoms with van der Waals surface area (Å²) in [6.07, 6.45) is 7.24. The zero-order chi connectivity index (χ0) is 7.45. The Morgan fingerprint density at radius 1 is 1.00 bits per heavy atom. The zero-order valence-electron chi connectivity index (χ0n) is 7.24. The fourth-order valence-corrected chi connectivity index (χ4v) is 1.90. The first kappa shape index (κ1) is 8.06. The van der Waals surface area contributed by atoms with E-state index < -0.39 is 0 Å². The van der Waals surface area contributed by atoms with Crippen LogP contribution in [0.25, 0.3) is 0 Å². The predicted octanol–water partition coefficient (Wildman–Crippen LogP) is 2.32. The monoisotopic (exact) mass is 141 g/mol. The van der Waals surface area contributed by atoms with Crippen molar-refractivity contribution in [1.29, 1.82) is 0 Å². The van der Waals surface area contributed by atoms with Crippen molar-refractivity contribution in [3.63, 3.8) is 0 Å². The van der Waals surface area contributed by atoms with E-state index in [1.54, 1.807) is 0 Å². The quantitative estimate of drug-likeness (QED) is 0.546. The lowest BCUT2D eigenvalue weighted by Gasteiger charge is -2.38. The maximum absolute atomic E-state index is 3.57. The average Bonchev–Trinajstić information content (AvgIpc) is 2.38. The fraction of sp³-hybridized carbons (Fsp3) is 1.00. The molecule has 1 nitrogen and oxygen atoms in total. The van der Waals surface area contributed by atoms with E-state index in [4.69, 9.17) is 0 Å². The van der Waals surface area contributed by atoms with Gasteiger partial charge in [0.1, 0.15) is 0 Å². The van der Waals surface area contributed by atoms with Crippen molar-refractivity contribution in [2.24, 2.45) is 0 Å². The molecule has 2 rings (SSSR count). The minimum atomic E-state index is 0.667. The van der Waals surface area contributed by atoms with Crippen LogP contribution in [0, 0.1) is 0 Å². The Labute approximate surface area is 64.2 Å². The second-order valence-electron chi connectivity index (χ2n) is 3.16. The first-order valence-corrected chi connectivity index (χ1v) is 4.66. The summed E-state index contributed by atoms with van der Waals surface area (Å²) in [5, 5.41) is 3.57. The van der Waals surface area contributed by atoms with Gasteiger partial charge in [-0.25, -0.2) is 0 Å². The van der Waals surface area contributed by atoms with Gasteiger partial charge in [-0.15, -0.1) is 0 Å². The molecule has 10 heavy (non-hydrogen) atoms. The van der Waals surface area contributed by atoms with Gasteiger partial charge < -0.3 is 5.32 Å². The van der Waals surface area contributed by atoms with E-state index >= 15 is 0 Å². The molecule has 1 saturated heterocycles. The van der Waals surface area contributed by atoms with Crippen LogP contribution in [0.1, 0.15) is 46.0 Å². The van der Waals surface area contributed by atoms with Crippen molar-refractivity contribution in [1.82, 2.24) is 5.32 Å². The van der Waals surface area contributed by atoms with Crippen LogP contribution in [0.3, 0.4) is 0 Å². The first-order valence-electron chi connectivity index (χ1n) is 4.66. The van der Waals surface area contributed by atoms with Gasteiger partial charge in [0, 0.05) is 5.54 Å². The van der Waals surface area contributed by atoms with Gasteiger partial charge in [-0.05, 0) is 38.6 Å². The SMILES string of the molecule is C1CNC2(C1)CCC2.CC. The van der Waals surface area contributed by atoms with Crippen LogP contribution in [0.15, 0.2) is 0 Å². The second-order valence-corrected chi connectivity index (χ2v) is 3.16. The molecule has 0 atom stereocenters. The smallest absolute Gasteiger partial charge is 0.0182 e. The number of nitrogens with one attached hydrogen (secondary N) is 1. The van der Waals surface area contributed by atoms with Crippen molar-refractivity contribution in [2.75, 3.05) is 6.54 Å². The molecular formula is C9H19N. The summed E-state index contributed by atoms with van der Waals surface area (Å²) >= 11 is 0. The lowest BCUT2D eigenvalue weighted by Crippen LogP contribution is -2.45. The minimum absolute atomic E-state index is 0.667. The highest BCUT2D eigenvalue weighted by atomic mass is 15.0. The average molecular weight is 141 g/mol. The zero-order valence-corrected chi connectivity index (χ0v) is 7.24. The second kappa shape index (κ2) is 3.38. The summed E-state index contributed by atoms with van der Waals surface area (Å²) in [7, 11) is 0. The van der Waals surface area contributed by atoms with Crippen molar-refractivity contribution >= 4 is 0 Å². The topological polar surface area (TPSA) is 12.0 Å². The van der Waals surface area contributed by atoms with Crippen LogP contribution < -0.4 is 5.32 Å². The Kier molecular flexibility index (Phi) is 2.72. The fourth-order valence-electron chi connectivity index (χ4n) is 1.90. The van der Waals surface area contributed by atoms with Crippen molar-refractivity contribution < 1.29 is 0 Å². The van der Waals surface area contributed by atoms with Crippen LogP contribution in [-0.2, 0) is 0 Å². The van der Waals surface area contributed by atoms with Gasteiger partial charge in [0.2, 0.25) is 0 Å². The van der Waals surface area contributed by atoms with Gasteiger partial charge in [0.05, 0.1) is 0 Å². The van der Waals surface area contributed by atoms with Crippen LogP contribution in [0.4, 0.5) is 0 Å². The van der Waals surface area contributed by atoms with E-state index in [9.17, 15) is 0 Å². The summed E-state index contributed by atoms with van der Waals surface area (Å²) in [6, 6.07) is 0. The summed E-state index contributed by atoms with van der Waals surface area (Å²) in [5.74, 6) is 0. The van der Waals surface area contributed by atoms with Crippen LogP contribution in [0.5, 0.6) is 0 Å². The molecule has 0 aromatic carbocycles. The molecule has 1 N–H and O–H groups in total. The summed E-state index contributed by atoms with van der Waals surface area (Å²) < 4.78 is 0. The molecule has 0 amide bonds. The van der Waals surface area contributed by atoms with Crippen LogP contribution in [-0.4, -0.2) is 12.1 Å². The third-order valence-electron chi connectivity index (χ3n) is 2.64. The van der Waals surface area contributed by atoms with E-state index in [1.165, 1.54) is 38.6 Å². The summed E-state index contributed by atoms with van der Waals surface area (Å²) in [4.78, 5) is 0. The minimum Gasteiger partial charge on any atom is -0.311 e. The van der Waals surface area contributed by atoms with Crippen molar-refractivity contribution in [3.8, 4) is 0 Å². The summed E-state index contributed by atoms with van der Waals surface area (Å²) in [5.41, 5.74) is 0.667.